The molecule has 3 nitrogen and oxygen atoms in total. The first-order valence-electron chi connectivity index (χ1n) is 6.16. The fourth-order valence-corrected chi connectivity index (χ4v) is 1.50. The summed E-state index contributed by atoms with van der Waals surface area (Å²) in [6, 6.07) is 9.31. The molecule has 0 atom stereocenters. The van der Waals surface area contributed by atoms with E-state index in [4.69, 9.17) is 11.1 Å². The molecule has 0 unspecified atom stereocenters. The average molecular weight is 253 g/mol. The summed E-state index contributed by atoms with van der Waals surface area (Å²) in [7, 11) is 0. The van der Waals surface area contributed by atoms with Crippen molar-refractivity contribution in [1.82, 2.24) is 0 Å². The molecule has 0 heterocycles. The van der Waals surface area contributed by atoms with E-state index < -0.39 is 0 Å². The number of hydrogen-bond acceptors (Lipinski definition) is 1. The van der Waals surface area contributed by atoms with Crippen molar-refractivity contribution in [3.63, 3.8) is 0 Å². The smallest absolute Gasteiger partial charge is 0.154 e. The van der Waals surface area contributed by atoms with Gasteiger partial charge < -0.3 is 5.73 Å². The van der Waals surface area contributed by atoms with Crippen LogP contribution in [0.3, 0.4) is 0 Å². The standard InChI is InChI=1S/C16H19N3/c1-3-5-10-13(9-4-2)15(17)19-16(18)14-11-7-6-8-12-14/h3,5-12H,1,4H2,2H3,(H3,17,18,19)/b10-5-,13-9+. The minimum atomic E-state index is 0.159. The molecule has 1 aromatic carbocycles. The van der Waals surface area contributed by atoms with E-state index in [-0.39, 0.29) is 5.84 Å². The molecule has 3 heteroatoms. The van der Waals surface area contributed by atoms with Gasteiger partial charge in [0.1, 0.15) is 5.84 Å². The number of rotatable bonds is 5. The van der Waals surface area contributed by atoms with E-state index in [0.29, 0.717) is 5.84 Å². The normalized spacial score (nSPS) is 12.7. The molecule has 0 saturated heterocycles. The molecule has 1 aromatic rings. The van der Waals surface area contributed by atoms with Gasteiger partial charge in [-0.25, -0.2) is 4.99 Å². The lowest BCUT2D eigenvalue weighted by Gasteiger charge is -2.03. The second-order valence-electron chi connectivity index (χ2n) is 3.87. The summed E-state index contributed by atoms with van der Waals surface area (Å²) >= 11 is 0. The summed E-state index contributed by atoms with van der Waals surface area (Å²) in [5.41, 5.74) is 7.49. The van der Waals surface area contributed by atoms with Crippen LogP contribution in [0.25, 0.3) is 0 Å². The summed E-state index contributed by atoms with van der Waals surface area (Å²) in [5, 5.41) is 7.92. The van der Waals surface area contributed by atoms with E-state index in [2.05, 4.69) is 11.6 Å². The van der Waals surface area contributed by atoms with Crippen molar-refractivity contribution in [2.75, 3.05) is 0 Å². The number of allylic oxidation sites excluding steroid dienone is 3. The monoisotopic (exact) mass is 253 g/mol. The average Bonchev–Trinajstić information content (AvgIpc) is 2.44. The summed E-state index contributed by atoms with van der Waals surface area (Å²) < 4.78 is 0. The molecule has 0 aromatic heterocycles. The Labute approximate surface area is 114 Å². The van der Waals surface area contributed by atoms with Crippen LogP contribution in [0.2, 0.25) is 0 Å². The second-order valence-corrected chi connectivity index (χ2v) is 3.87. The topological polar surface area (TPSA) is 62.2 Å². The van der Waals surface area contributed by atoms with Gasteiger partial charge in [-0.3, -0.25) is 5.41 Å². The summed E-state index contributed by atoms with van der Waals surface area (Å²) in [4.78, 5) is 4.14. The number of nitrogens with two attached hydrogens (primary N) is 1. The number of hydrogen-bond donors (Lipinski definition) is 2. The van der Waals surface area contributed by atoms with Gasteiger partial charge in [-0.1, -0.05) is 68.1 Å². The Kier molecular flexibility index (Phi) is 6.03. The Balaban J connectivity index is 2.96. The third-order valence-corrected chi connectivity index (χ3v) is 2.41. The van der Waals surface area contributed by atoms with Gasteiger partial charge >= 0.3 is 0 Å². The van der Waals surface area contributed by atoms with Crippen LogP contribution in [0.4, 0.5) is 0 Å². The summed E-state index contributed by atoms with van der Waals surface area (Å²) in [5.74, 6) is 0.501. The minimum Gasteiger partial charge on any atom is -0.383 e. The number of nitrogens with one attached hydrogen (secondary N) is 1. The van der Waals surface area contributed by atoms with E-state index >= 15 is 0 Å². The van der Waals surface area contributed by atoms with Gasteiger partial charge in [0.25, 0.3) is 0 Å². The molecule has 0 amide bonds. The van der Waals surface area contributed by atoms with Crippen LogP contribution >= 0.6 is 0 Å². The van der Waals surface area contributed by atoms with Crippen LogP contribution in [0.5, 0.6) is 0 Å². The van der Waals surface area contributed by atoms with Gasteiger partial charge in [-0.15, -0.1) is 0 Å². The highest BCUT2D eigenvalue weighted by Gasteiger charge is 2.02. The molecule has 0 saturated carbocycles. The number of aliphatic imine (C=N–C) groups is 1. The highest BCUT2D eigenvalue weighted by atomic mass is 14.9. The highest BCUT2D eigenvalue weighted by molar-refractivity contribution is 6.10. The van der Waals surface area contributed by atoms with Crippen LogP contribution in [-0.4, -0.2) is 11.7 Å². The van der Waals surface area contributed by atoms with Gasteiger partial charge in [0.2, 0.25) is 0 Å². The van der Waals surface area contributed by atoms with E-state index in [1.807, 2.05) is 49.4 Å². The lowest BCUT2D eigenvalue weighted by molar-refractivity contribution is 1.21. The zero-order valence-corrected chi connectivity index (χ0v) is 11.1. The first kappa shape index (κ1) is 14.6. The lowest BCUT2D eigenvalue weighted by atomic mass is 10.1. The van der Waals surface area contributed by atoms with Crippen LogP contribution in [0.1, 0.15) is 18.9 Å². The number of benzene rings is 1. The summed E-state index contributed by atoms with van der Waals surface area (Å²) in [6.45, 7) is 5.65. The van der Waals surface area contributed by atoms with Crippen molar-refractivity contribution in [2.45, 2.75) is 13.3 Å². The van der Waals surface area contributed by atoms with E-state index in [0.717, 1.165) is 17.6 Å². The van der Waals surface area contributed by atoms with Crippen molar-refractivity contribution in [3.05, 3.63) is 72.4 Å². The molecule has 0 aliphatic carbocycles. The van der Waals surface area contributed by atoms with E-state index in [9.17, 15) is 0 Å². The quantitative estimate of drug-likeness (QED) is 0.471. The van der Waals surface area contributed by atoms with Crippen molar-refractivity contribution >= 4 is 11.7 Å². The second kappa shape index (κ2) is 7.82. The Hall–Kier alpha value is -2.42. The third-order valence-electron chi connectivity index (χ3n) is 2.41. The molecular weight excluding hydrogens is 234 g/mol. The van der Waals surface area contributed by atoms with Gasteiger partial charge in [-0.05, 0) is 6.42 Å². The third kappa shape index (κ3) is 4.76. The van der Waals surface area contributed by atoms with Gasteiger partial charge in [-0.2, -0.15) is 0 Å². The van der Waals surface area contributed by atoms with Crippen LogP contribution in [-0.2, 0) is 0 Å². The molecule has 0 spiro atoms. The molecule has 0 fully saturated rings. The van der Waals surface area contributed by atoms with Gasteiger partial charge in [0, 0.05) is 11.1 Å². The van der Waals surface area contributed by atoms with Crippen molar-refractivity contribution in [2.24, 2.45) is 10.7 Å². The van der Waals surface area contributed by atoms with Gasteiger partial charge in [0.15, 0.2) is 5.84 Å². The zero-order chi connectivity index (χ0) is 14.1. The maximum atomic E-state index is 7.92. The fourth-order valence-electron chi connectivity index (χ4n) is 1.50. The molecule has 0 aliphatic heterocycles. The van der Waals surface area contributed by atoms with E-state index in [1.165, 1.54) is 0 Å². The molecule has 98 valence electrons. The highest BCUT2D eigenvalue weighted by Crippen LogP contribution is 2.04. The Morgan fingerprint density at radius 3 is 2.63 bits per heavy atom. The first-order valence-corrected chi connectivity index (χ1v) is 6.16. The van der Waals surface area contributed by atoms with Crippen LogP contribution in [0, 0.1) is 5.41 Å². The molecule has 0 aliphatic rings. The van der Waals surface area contributed by atoms with Crippen LogP contribution < -0.4 is 5.73 Å². The largest absolute Gasteiger partial charge is 0.383 e. The summed E-state index contributed by atoms with van der Waals surface area (Å²) in [6.07, 6.45) is 8.14. The maximum Gasteiger partial charge on any atom is 0.154 e. The minimum absolute atomic E-state index is 0.159. The number of amidine groups is 2. The predicted molar refractivity (Wildman–Crippen MR) is 82.6 cm³/mol. The van der Waals surface area contributed by atoms with Crippen molar-refractivity contribution in [1.29, 1.82) is 5.41 Å². The Morgan fingerprint density at radius 2 is 2.05 bits per heavy atom. The molecule has 3 N–H and O–H groups in total. The van der Waals surface area contributed by atoms with Crippen molar-refractivity contribution in [3.8, 4) is 0 Å². The first-order chi connectivity index (χ1) is 9.19. The number of nitrogens with zero attached hydrogens (tertiary/aromatic N) is 1. The molecule has 0 radical (unpaired) electrons. The maximum absolute atomic E-state index is 7.92. The molecular formula is C16H19N3. The van der Waals surface area contributed by atoms with Gasteiger partial charge in [0.05, 0.1) is 0 Å². The zero-order valence-electron chi connectivity index (χ0n) is 11.1. The molecule has 1 rings (SSSR count). The Morgan fingerprint density at radius 1 is 1.37 bits per heavy atom. The molecule has 0 bridgehead atoms. The van der Waals surface area contributed by atoms with Crippen molar-refractivity contribution < 1.29 is 0 Å². The molecule has 19 heavy (non-hydrogen) atoms. The predicted octanol–water partition coefficient (Wildman–Crippen LogP) is 3.45. The fraction of sp³-hybridized carbons (Fsp3) is 0.125. The van der Waals surface area contributed by atoms with Crippen LogP contribution in [0.15, 0.2) is 71.8 Å². The van der Waals surface area contributed by atoms with E-state index in [1.54, 1.807) is 12.2 Å². The lowest BCUT2D eigenvalue weighted by Crippen LogP contribution is -2.16. The SMILES string of the molecule is C=C/C=C\C(=C/CC)C(N)=NC(=N)c1ccccc1. The Bertz CT molecular complexity index is 522.